The summed E-state index contributed by atoms with van der Waals surface area (Å²) >= 11 is 0. The number of rotatable bonds is 5. The zero-order valence-electron chi connectivity index (χ0n) is 18.0. The summed E-state index contributed by atoms with van der Waals surface area (Å²) < 4.78 is 7.82. The van der Waals surface area contributed by atoms with Crippen molar-refractivity contribution in [2.24, 2.45) is 0 Å². The Kier molecular flexibility index (Phi) is 5.01. The summed E-state index contributed by atoms with van der Waals surface area (Å²) in [6.07, 6.45) is 6.53. The summed E-state index contributed by atoms with van der Waals surface area (Å²) in [5, 5.41) is 29.6. The summed E-state index contributed by atoms with van der Waals surface area (Å²) in [6, 6.07) is 13.2. The number of phenolic OH excluding ortho intramolecular Hbond substituents is 2. The quantitative estimate of drug-likeness (QED) is 0.457. The van der Waals surface area contributed by atoms with Crippen LogP contribution in [0.5, 0.6) is 23.3 Å². The number of phenols is 2. The van der Waals surface area contributed by atoms with Gasteiger partial charge in [-0.3, -0.25) is 4.98 Å². The molecular formula is C25H24N4O3. The minimum Gasteiger partial charge on any atom is -0.508 e. The maximum absolute atomic E-state index is 10.7. The topological polar surface area (TPSA) is 93.3 Å². The van der Waals surface area contributed by atoms with Crippen molar-refractivity contribution in [1.82, 2.24) is 19.7 Å². The van der Waals surface area contributed by atoms with Gasteiger partial charge in [0.25, 0.3) is 0 Å². The SMILES string of the molecule is CC(C)c1cc(-c2nnc(Oc3cccnc3)n2-c2ccc3c(c2)CCC3)c(O)cc1O. The molecule has 0 fully saturated rings. The van der Waals surface area contributed by atoms with Crippen LogP contribution >= 0.6 is 0 Å². The molecule has 0 saturated carbocycles. The van der Waals surface area contributed by atoms with Crippen molar-refractivity contribution in [2.75, 3.05) is 0 Å². The molecule has 0 amide bonds. The Bertz CT molecular complexity index is 1280. The summed E-state index contributed by atoms with van der Waals surface area (Å²) in [4.78, 5) is 4.10. The van der Waals surface area contributed by atoms with Gasteiger partial charge >= 0.3 is 6.01 Å². The van der Waals surface area contributed by atoms with Crippen LogP contribution < -0.4 is 4.74 Å². The predicted molar refractivity (Wildman–Crippen MR) is 121 cm³/mol. The zero-order valence-corrected chi connectivity index (χ0v) is 18.0. The second-order valence-electron chi connectivity index (χ2n) is 8.32. The van der Waals surface area contributed by atoms with E-state index in [0.29, 0.717) is 17.1 Å². The van der Waals surface area contributed by atoms with Gasteiger partial charge < -0.3 is 14.9 Å². The molecular weight excluding hydrogens is 404 g/mol. The van der Waals surface area contributed by atoms with E-state index in [0.717, 1.165) is 30.5 Å². The zero-order chi connectivity index (χ0) is 22.2. The Labute approximate surface area is 186 Å². The van der Waals surface area contributed by atoms with Gasteiger partial charge in [0, 0.05) is 12.3 Å². The first-order valence-corrected chi connectivity index (χ1v) is 10.7. The lowest BCUT2D eigenvalue weighted by molar-refractivity contribution is 0.430. The van der Waals surface area contributed by atoms with E-state index >= 15 is 0 Å². The smallest absolute Gasteiger partial charge is 0.327 e. The van der Waals surface area contributed by atoms with E-state index in [1.807, 2.05) is 19.9 Å². The van der Waals surface area contributed by atoms with Crippen molar-refractivity contribution in [3.05, 3.63) is 71.5 Å². The van der Waals surface area contributed by atoms with Crippen LogP contribution in [0.3, 0.4) is 0 Å². The predicted octanol–water partition coefficient (Wildman–Crippen LogP) is 5.14. The summed E-state index contributed by atoms with van der Waals surface area (Å²) in [6.45, 7) is 3.97. The molecule has 0 spiro atoms. The van der Waals surface area contributed by atoms with Crippen molar-refractivity contribution >= 4 is 0 Å². The van der Waals surface area contributed by atoms with Crippen molar-refractivity contribution in [3.8, 4) is 40.3 Å². The minimum atomic E-state index is -0.0744. The van der Waals surface area contributed by atoms with Gasteiger partial charge in [-0.15, -0.1) is 5.10 Å². The van der Waals surface area contributed by atoms with Gasteiger partial charge in [-0.2, -0.15) is 0 Å². The fraction of sp³-hybridized carbons (Fsp3) is 0.240. The number of nitrogens with zero attached hydrogens (tertiary/aromatic N) is 4. The third kappa shape index (κ3) is 3.56. The van der Waals surface area contributed by atoms with E-state index in [9.17, 15) is 10.2 Å². The number of aromatic nitrogens is 4. The molecule has 2 aromatic heterocycles. The maximum Gasteiger partial charge on any atom is 0.327 e. The van der Waals surface area contributed by atoms with E-state index in [2.05, 4.69) is 27.3 Å². The average molecular weight is 428 g/mol. The lowest BCUT2D eigenvalue weighted by Gasteiger charge is -2.15. The number of fused-ring (bicyclic) bond motifs is 1. The Balaban J connectivity index is 1.70. The largest absolute Gasteiger partial charge is 0.508 e. The van der Waals surface area contributed by atoms with Crippen LogP contribution in [0.15, 0.2) is 54.9 Å². The first-order valence-electron chi connectivity index (χ1n) is 10.7. The van der Waals surface area contributed by atoms with Crippen LogP contribution in [0.4, 0.5) is 0 Å². The number of ether oxygens (including phenoxy) is 1. The number of aryl methyl sites for hydroxylation is 2. The van der Waals surface area contributed by atoms with Gasteiger partial charge in [-0.05, 0) is 72.2 Å². The highest BCUT2D eigenvalue weighted by Crippen LogP contribution is 2.40. The van der Waals surface area contributed by atoms with Crippen LogP contribution in [0.2, 0.25) is 0 Å². The molecule has 0 unspecified atom stereocenters. The third-order valence-corrected chi connectivity index (χ3v) is 5.83. The molecule has 2 heterocycles. The molecule has 0 atom stereocenters. The minimum absolute atomic E-state index is 0.0525. The Morgan fingerprint density at radius 2 is 1.81 bits per heavy atom. The van der Waals surface area contributed by atoms with Crippen LogP contribution in [-0.2, 0) is 12.8 Å². The molecule has 4 aromatic rings. The fourth-order valence-corrected chi connectivity index (χ4v) is 4.19. The Morgan fingerprint density at radius 1 is 0.969 bits per heavy atom. The molecule has 0 saturated heterocycles. The molecule has 0 aliphatic heterocycles. The molecule has 1 aliphatic carbocycles. The van der Waals surface area contributed by atoms with Crippen molar-refractivity contribution in [3.63, 3.8) is 0 Å². The second kappa shape index (κ2) is 8.00. The summed E-state index contributed by atoms with van der Waals surface area (Å²) in [5.41, 5.74) is 4.69. The molecule has 162 valence electrons. The van der Waals surface area contributed by atoms with Gasteiger partial charge in [-0.25, -0.2) is 4.57 Å². The Morgan fingerprint density at radius 3 is 2.59 bits per heavy atom. The van der Waals surface area contributed by atoms with Crippen molar-refractivity contribution < 1.29 is 14.9 Å². The number of benzene rings is 2. The number of aromatic hydroxyl groups is 2. The van der Waals surface area contributed by atoms with E-state index in [-0.39, 0.29) is 23.4 Å². The molecule has 1 aliphatic rings. The third-order valence-electron chi connectivity index (χ3n) is 5.83. The fourth-order valence-electron chi connectivity index (χ4n) is 4.19. The second-order valence-corrected chi connectivity index (χ2v) is 8.32. The maximum atomic E-state index is 10.7. The van der Waals surface area contributed by atoms with E-state index in [4.69, 9.17) is 4.74 Å². The highest BCUT2D eigenvalue weighted by Gasteiger charge is 2.23. The first-order chi connectivity index (χ1) is 15.5. The van der Waals surface area contributed by atoms with Crippen LogP contribution in [0, 0.1) is 0 Å². The highest BCUT2D eigenvalue weighted by atomic mass is 16.5. The van der Waals surface area contributed by atoms with Gasteiger partial charge in [0.05, 0.1) is 17.4 Å². The number of hydrogen-bond donors (Lipinski definition) is 2. The molecule has 7 nitrogen and oxygen atoms in total. The van der Waals surface area contributed by atoms with Crippen molar-refractivity contribution in [2.45, 2.75) is 39.0 Å². The van der Waals surface area contributed by atoms with E-state index in [1.165, 1.54) is 17.2 Å². The normalized spacial score (nSPS) is 12.8. The van der Waals surface area contributed by atoms with Gasteiger partial charge in [-0.1, -0.05) is 25.0 Å². The first kappa shape index (κ1) is 20.1. The van der Waals surface area contributed by atoms with Crippen LogP contribution in [0.1, 0.15) is 42.9 Å². The molecule has 7 heteroatoms. The summed E-state index contributed by atoms with van der Waals surface area (Å²) in [7, 11) is 0. The lowest BCUT2D eigenvalue weighted by Crippen LogP contribution is -2.02. The monoisotopic (exact) mass is 428 g/mol. The van der Waals surface area contributed by atoms with Gasteiger partial charge in [0.1, 0.15) is 17.2 Å². The van der Waals surface area contributed by atoms with E-state index < -0.39 is 0 Å². The standard InChI is InChI=1S/C25H24N4O3/c1-15(2)20-12-21(23(31)13-22(20)30)24-27-28-25(32-19-7-4-10-26-14-19)29(24)18-9-8-16-5-3-6-17(16)11-18/h4,7-15,30-31H,3,5-6H2,1-2H3. The molecule has 0 radical (unpaired) electrons. The van der Waals surface area contributed by atoms with Gasteiger partial charge in [0.15, 0.2) is 5.82 Å². The van der Waals surface area contributed by atoms with Crippen molar-refractivity contribution in [1.29, 1.82) is 0 Å². The Hall–Kier alpha value is -3.87. The summed E-state index contributed by atoms with van der Waals surface area (Å²) in [5.74, 6) is 1.01. The van der Waals surface area contributed by atoms with Gasteiger partial charge in [0.2, 0.25) is 0 Å². The number of hydrogen-bond acceptors (Lipinski definition) is 6. The molecule has 0 bridgehead atoms. The molecule has 2 N–H and O–H groups in total. The lowest BCUT2D eigenvalue weighted by atomic mass is 9.98. The molecule has 2 aromatic carbocycles. The van der Waals surface area contributed by atoms with Crippen LogP contribution in [0.25, 0.3) is 17.1 Å². The molecule has 32 heavy (non-hydrogen) atoms. The highest BCUT2D eigenvalue weighted by molar-refractivity contribution is 5.70. The molecule has 5 rings (SSSR count). The average Bonchev–Trinajstić information content (AvgIpc) is 3.40. The van der Waals surface area contributed by atoms with Crippen LogP contribution in [-0.4, -0.2) is 30.0 Å². The van der Waals surface area contributed by atoms with E-state index in [1.54, 1.807) is 35.2 Å². The number of pyridine rings is 1.